The number of carbonyl (C=O) groups is 1. The minimum absolute atomic E-state index is 0.0673. The first kappa shape index (κ1) is 34.0. The van der Waals surface area contributed by atoms with E-state index in [9.17, 15) is 18.0 Å². The number of rotatable bonds is 5. The first-order valence-electron chi connectivity index (χ1n) is 15.9. The number of carbonyl (C=O) groups excluding carboxylic acids is 1. The fourth-order valence-corrected chi connectivity index (χ4v) is 8.06. The average molecular weight is 649 g/mol. The Morgan fingerprint density at radius 2 is 1.73 bits per heavy atom. The Bertz CT molecular complexity index is 1440. The first-order valence-corrected chi connectivity index (χ1v) is 18.8. The van der Waals surface area contributed by atoms with Crippen LogP contribution in [0.1, 0.15) is 138 Å². The van der Waals surface area contributed by atoms with Gasteiger partial charge < -0.3 is 18.6 Å². The highest BCUT2D eigenvalue weighted by Crippen LogP contribution is 2.61. The molecule has 0 radical (unpaired) electrons. The van der Waals surface area contributed by atoms with Crippen LogP contribution in [0.4, 0.5) is 13.2 Å². The number of hydrogen-bond acceptors (Lipinski definition) is 7. The molecule has 45 heavy (non-hydrogen) atoms. The van der Waals surface area contributed by atoms with Gasteiger partial charge in [-0.05, 0) is 48.2 Å². The summed E-state index contributed by atoms with van der Waals surface area (Å²) in [4.78, 5) is 22.1. The van der Waals surface area contributed by atoms with Crippen LogP contribution in [0.2, 0.25) is 18.1 Å². The Morgan fingerprint density at radius 3 is 2.24 bits per heavy atom. The molecule has 2 aromatic rings. The summed E-state index contributed by atoms with van der Waals surface area (Å²) in [6.07, 6.45) is -3.63. The van der Waals surface area contributed by atoms with E-state index in [0.29, 0.717) is 43.9 Å². The lowest BCUT2D eigenvalue weighted by Gasteiger charge is -2.48. The van der Waals surface area contributed by atoms with Gasteiger partial charge in [0.1, 0.15) is 12.2 Å². The van der Waals surface area contributed by atoms with Gasteiger partial charge in [-0.15, -0.1) is 0 Å². The Kier molecular flexibility index (Phi) is 8.63. The molecule has 1 fully saturated rings. The predicted molar refractivity (Wildman–Crippen MR) is 166 cm³/mol. The number of esters is 1. The molecular weight excluding hydrogens is 601 g/mol. The maximum absolute atomic E-state index is 13.5. The van der Waals surface area contributed by atoms with Crippen LogP contribution in [0.3, 0.4) is 0 Å². The van der Waals surface area contributed by atoms with Crippen LogP contribution in [-0.2, 0) is 35.2 Å². The lowest BCUT2D eigenvalue weighted by atomic mass is 9.68. The maximum atomic E-state index is 13.5. The van der Waals surface area contributed by atoms with Crippen LogP contribution in [0.15, 0.2) is 18.3 Å². The summed E-state index contributed by atoms with van der Waals surface area (Å²) in [5.41, 5.74) is 2.43. The molecule has 2 aliphatic heterocycles. The van der Waals surface area contributed by atoms with E-state index >= 15 is 0 Å². The molecule has 0 bridgehead atoms. The van der Waals surface area contributed by atoms with Crippen LogP contribution in [0, 0.1) is 5.41 Å². The van der Waals surface area contributed by atoms with Gasteiger partial charge >= 0.3 is 12.1 Å². The van der Waals surface area contributed by atoms with E-state index in [2.05, 4.69) is 52.7 Å². The summed E-state index contributed by atoms with van der Waals surface area (Å²) in [5, 5.41) is -0.0714. The van der Waals surface area contributed by atoms with Crippen molar-refractivity contribution in [3.8, 4) is 0 Å². The second-order valence-electron chi connectivity index (χ2n) is 15.4. The zero-order valence-corrected chi connectivity index (χ0v) is 29.1. The Labute approximate surface area is 265 Å². The Hall–Kier alpha value is -2.34. The van der Waals surface area contributed by atoms with Crippen molar-refractivity contribution in [3.63, 3.8) is 0 Å². The van der Waals surface area contributed by atoms with Crippen molar-refractivity contribution in [2.75, 3.05) is 13.2 Å². The number of halogens is 3. The monoisotopic (exact) mass is 648 g/mol. The first-order chi connectivity index (χ1) is 20.7. The summed E-state index contributed by atoms with van der Waals surface area (Å²) in [7, 11) is -2.33. The van der Waals surface area contributed by atoms with Gasteiger partial charge in [0.05, 0.1) is 28.7 Å². The molecule has 0 saturated carbocycles. The van der Waals surface area contributed by atoms with Crippen molar-refractivity contribution in [2.45, 2.75) is 129 Å². The largest absolute Gasteiger partial charge is 0.455 e. The average Bonchev–Trinajstić information content (AvgIpc) is 3.23. The van der Waals surface area contributed by atoms with E-state index in [1.165, 1.54) is 13.0 Å². The zero-order chi connectivity index (χ0) is 33.3. The summed E-state index contributed by atoms with van der Waals surface area (Å²) < 4.78 is 66.6. The standard InChI is InChI=1S/C34H47F3N2O5Si/c1-19(2)27-25-26(33(13-15-41-16-14-33)43-29(25)22-12-11-21(18-38-22)34(35,36)37)24-23(44-45(9,10)31(4,5)6)17-32(7,8)30(28(24)39-27)42-20(3)40/h11-12,18-19,23,29-30H,13-17H2,1-10H3/t23-,29+,30-/m0/s1. The Balaban J connectivity index is 1.83. The molecule has 0 amide bonds. The lowest BCUT2D eigenvalue weighted by Crippen LogP contribution is -2.46. The number of nitrogens with zero attached hydrogens (tertiary/aromatic N) is 2. The normalized spacial score (nSPS) is 24.4. The van der Waals surface area contributed by atoms with Crippen molar-refractivity contribution < 1.29 is 36.6 Å². The smallest absolute Gasteiger partial charge is 0.417 e. The van der Waals surface area contributed by atoms with Crippen LogP contribution < -0.4 is 0 Å². The quantitative estimate of drug-likeness (QED) is 0.237. The summed E-state index contributed by atoms with van der Waals surface area (Å²) in [6.45, 7) is 21.7. The SMILES string of the molecule is CC(=O)O[C@H]1c2nc(C(C)C)c3c(c2[C@@H](O[Si](C)(C)C(C)(C)C)CC1(C)C)C1(CCOCC1)O[C@@H]3c1ccc(C(F)(F)F)cn1. The number of aromatic nitrogens is 2. The molecule has 5 rings (SSSR count). The molecule has 1 spiro atoms. The summed E-state index contributed by atoms with van der Waals surface area (Å²) in [6, 6.07) is 2.47. The summed E-state index contributed by atoms with van der Waals surface area (Å²) in [5.74, 6) is -0.456. The lowest BCUT2D eigenvalue weighted by molar-refractivity contribution is -0.156. The second kappa shape index (κ2) is 11.4. The molecule has 0 unspecified atom stereocenters. The van der Waals surface area contributed by atoms with E-state index in [4.69, 9.17) is 23.6 Å². The number of alkyl halides is 3. The van der Waals surface area contributed by atoms with E-state index in [-0.39, 0.29) is 23.0 Å². The molecule has 11 heteroatoms. The molecule has 1 saturated heterocycles. The predicted octanol–water partition coefficient (Wildman–Crippen LogP) is 8.84. The molecule has 2 aromatic heterocycles. The molecule has 7 nitrogen and oxygen atoms in total. The molecular formula is C34H47F3N2O5Si. The highest BCUT2D eigenvalue weighted by Gasteiger charge is 2.56. The molecule has 1 aliphatic carbocycles. The fraction of sp³-hybridized carbons (Fsp3) is 0.676. The van der Waals surface area contributed by atoms with Gasteiger partial charge in [-0.3, -0.25) is 14.8 Å². The van der Waals surface area contributed by atoms with Gasteiger partial charge in [0, 0.05) is 61.4 Å². The third-order valence-electron chi connectivity index (χ3n) is 10.1. The second-order valence-corrected chi connectivity index (χ2v) is 20.1. The molecule has 3 aliphatic rings. The van der Waals surface area contributed by atoms with Crippen LogP contribution in [0.5, 0.6) is 0 Å². The van der Waals surface area contributed by atoms with Crippen LogP contribution in [-0.4, -0.2) is 37.5 Å². The number of pyridine rings is 2. The third-order valence-corrected chi connectivity index (χ3v) is 14.6. The Morgan fingerprint density at radius 1 is 1.09 bits per heavy atom. The van der Waals surface area contributed by atoms with Crippen LogP contribution in [0.25, 0.3) is 0 Å². The summed E-state index contributed by atoms with van der Waals surface area (Å²) >= 11 is 0. The molecule has 248 valence electrons. The van der Waals surface area contributed by atoms with Crippen LogP contribution >= 0.6 is 0 Å². The van der Waals surface area contributed by atoms with Crippen molar-refractivity contribution in [1.29, 1.82) is 0 Å². The van der Waals surface area contributed by atoms with Crippen molar-refractivity contribution in [3.05, 3.63) is 57.7 Å². The van der Waals surface area contributed by atoms with Gasteiger partial charge in [-0.1, -0.05) is 48.5 Å². The van der Waals surface area contributed by atoms with E-state index < -0.39 is 43.3 Å². The number of hydrogen-bond donors (Lipinski definition) is 0. The topological polar surface area (TPSA) is 79.8 Å². The molecule has 0 aromatic carbocycles. The third kappa shape index (κ3) is 6.10. The fourth-order valence-electron chi connectivity index (χ4n) is 6.79. The van der Waals surface area contributed by atoms with Crippen molar-refractivity contribution in [2.24, 2.45) is 5.41 Å². The van der Waals surface area contributed by atoms with Gasteiger partial charge in [0.25, 0.3) is 0 Å². The van der Waals surface area contributed by atoms with Gasteiger partial charge in [0.2, 0.25) is 0 Å². The van der Waals surface area contributed by atoms with E-state index in [0.717, 1.165) is 34.6 Å². The van der Waals surface area contributed by atoms with Crippen molar-refractivity contribution >= 4 is 14.3 Å². The minimum atomic E-state index is -4.50. The van der Waals surface area contributed by atoms with E-state index in [1.54, 1.807) is 0 Å². The number of fused-ring (bicyclic) bond motifs is 4. The van der Waals surface area contributed by atoms with Gasteiger partial charge in [-0.2, -0.15) is 13.2 Å². The number of ether oxygens (including phenoxy) is 3. The zero-order valence-electron chi connectivity index (χ0n) is 28.1. The van der Waals surface area contributed by atoms with Gasteiger partial charge in [0.15, 0.2) is 8.32 Å². The maximum Gasteiger partial charge on any atom is 0.417 e. The molecule has 3 atom stereocenters. The minimum Gasteiger partial charge on any atom is -0.455 e. The van der Waals surface area contributed by atoms with E-state index in [1.807, 2.05) is 13.8 Å². The highest BCUT2D eigenvalue weighted by atomic mass is 28.4. The molecule has 4 heterocycles. The molecule has 0 N–H and O–H groups in total. The van der Waals surface area contributed by atoms with Crippen molar-refractivity contribution in [1.82, 2.24) is 9.97 Å². The van der Waals surface area contributed by atoms with Gasteiger partial charge in [-0.25, -0.2) is 0 Å². The highest BCUT2D eigenvalue weighted by molar-refractivity contribution is 6.74.